The Kier molecular flexibility index (Phi) is 5.84. The van der Waals surface area contributed by atoms with Crippen LogP contribution in [0, 0.1) is 0 Å². The maximum atomic E-state index is 2.64. The number of nitrogens with zero attached hydrogens (tertiary/aromatic N) is 2. The van der Waals surface area contributed by atoms with E-state index in [1.165, 1.54) is 37.1 Å². The zero-order valence-corrected chi connectivity index (χ0v) is 14.2. The third-order valence-corrected chi connectivity index (χ3v) is 4.87. The van der Waals surface area contributed by atoms with Gasteiger partial charge in [-0.25, -0.2) is 0 Å². The van der Waals surface area contributed by atoms with Crippen molar-refractivity contribution < 1.29 is 0 Å². The lowest BCUT2D eigenvalue weighted by molar-refractivity contribution is 0.166. The van der Waals surface area contributed by atoms with Gasteiger partial charge in [0, 0.05) is 25.7 Å². The van der Waals surface area contributed by atoms with E-state index in [1.54, 1.807) is 0 Å². The van der Waals surface area contributed by atoms with Crippen LogP contribution in [-0.4, -0.2) is 35.5 Å². The van der Waals surface area contributed by atoms with Crippen molar-refractivity contribution in [2.45, 2.75) is 38.9 Å². The van der Waals surface area contributed by atoms with E-state index < -0.39 is 0 Å². The first-order valence-electron chi connectivity index (χ1n) is 8.89. The second-order valence-corrected chi connectivity index (χ2v) is 6.57. The molecule has 1 fully saturated rings. The van der Waals surface area contributed by atoms with Gasteiger partial charge in [0.05, 0.1) is 0 Å². The third kappa shape index (κ3) is 4.66. The molecule has 0 radical (unpaired) electrons. The van der Waals surface area contributed by atoms with Crippen LogP contribution in [0.15, 0.2) is 60.7 Å². The van der Waals surface area contributed by atoms with Gasteiger partial charge in [0.15, 0.2) is 0 Å². The first kappa shape index (κ1) is 16.2. The SMILES string of the molecule is CCN1CCC[C@H]1CN(Cc1ccccc1)Cc1ccccc1. The molecule has 23 heavy (non-hydrogen) atoms. The average Bonchev–Trinajstić information content (AvgIpc) is 3.04. The highest BCUT2D eigenvalue weighted by Crippen LogP contribution is 2.20. The number of hydrogen-bond donors (Lipinski definition) is 0. The minimum absolute atomic E-state index is 0.715. The van der Waals surface area contributed by atoms with Crippen LogP contribution in [0.3, 0.4) is 0 Å². The number of benzene rings is 2. The summed E-state index contributed by atoms with van der Waals surface area (Å²) in [5.41, 5.74) is 2.81. The second-order valence-electron chi connectivity index (χ2n) is 6.57. The van der Waals surface area contributed by atoms with Gasteiger partial charge in [-0.05, 0) is 37.1 Å². The van der Waals surface area contributed by atoms with Gasteiger partial charge in [0.1, 0.15) is 0 Å². The van der Waals surface area contributed by atoms with E-state index in [-0.39, 0.29) is 0 Å². The van der Waals surface area contributed by atoms with Gasteiger partial charge in [0.25, 0.3) is 0 Å². The molecule has 3 rings (SSSR count). The Hall–Kier alpha value is -1.64. The monoisotopic (exact) mass is 308 g/mol. The highest BCUT2D eigenvalue weighted by atomic mass is 15.2. The van der Waals surface area contributed by atoms with Gasteiger partial charge in [0.2, 0.25) is 0 Å². The molecule has 1 aliphatic heterocycles. The van der Waals surface area contributed by atoms with Crippen molar-refractivity contribution in [2.24, 2.45) is 0 Å². The van der Waals surface area contributed by atoms with Crippen LogP contribution in [0.2, 0.25) is 0 Å². The molecule has 1 atom stereocenters. The van der Waals surface area contributed by atoms with E-state index in [0.29, 0.717) is 6.04 Å². The Morgan fingerprint density at radius 1 is 0.913 bits per heavy atom. The molecule has 2 aromatic carbocycles. The van der Waals surface area contributed by atoms with Crippen LogP contribution in [-0.2, 0) is 13.1 Å². The van der Waals surface area contributed by atoms with E-state index in [1.807, 2.05) is 0 Å². The lowest BCUT2D eigenvalue weighted by atomic mass is 10.1. The molecule has 0 spiro atoms. The first-order valence-corrected chi connectivity index (χ1v) is 8.89. The summed E-state index contributed by atoms with van der Waals surface area (Å²) in [6.45, 7) is 7.96. The standard InChI is InChI=1S/C21H28N2/c1-2-23-15-9-14-21(23)18-22(16-19-10-5-3-6-11-19)17-20-12-7-4-8-13-20/h3-8,10-13,21H,2,9,14-18H2,1H3/t21-/m0/s1. The number of likely N-dealkylation sites (tertiary alicyclic amines) is 1. The van der Waals surface area contributed by atoms with Crippen LogP contribution >= 0.6 is 0 Å². The molecule has 0 amide bonds. The fourth-order valence-electron chi connectivity index (χ4n) is 3.68. The van der Waals surface area contributed by atoms with Crippen LogP contribution in [0.5, 0.6) is 0 Å². The van der Waals surface area contributed by atoms with Gasteiger partial charge in [-0.3, -0.25) is 9.80 Å². The highest BCUT2D eigenvalue weighted by molar-refractivity contribution is 5.17. The Morgan fingerprint density at radius 2 is 1.48 bits per heavy atom. The van der Waals surface area contributed by atoms with E-state index in [2.05, 4.69) is 77.4 Å². The summed E-state index contributed by atoms with van der Waals surface area (Å²) in [5.74, 6) is 0. The normalized spacial score (nSPS) is 18.6. The molecule has 0 bridgehead atoms. The quantitative estimate of drug-likeness (QED) is 0.757. The predicted octanol–water partition coefficient (Wildman–Crippen LogP) is 4.17. The Balaban J connectivity index is 1.70. The topological polar surface area (TPSA) is 6.48 Å². The van der Waals surface area contributed by atoms with E-state index in [0.717, 1.165) is 19.6 Å². The highest BCUT2D eigenvalue weighted by Gasteiger charge is 2.25. The zero-order valence-electron chi connectivity index (χ0n) is 14.2. The summed E-state index contributed by atoms with van der Waals surface area (Å²) < 4.78 is 0. The van der Waals surface area contributed by atoms with Crippen LogP contribution in [0.4, 0.5) is 0 Å². The van der Waals surface area contributed by atoms with Crippen molar-refractivity contribution in [3.05, 3.63) is 71.8 Å². The minimum atomic E-state index is 0.715. The first-order chi connectivity index (χ1) is 11.3. The molecule has 2 nitrogen and oxygen atoms in total. The van der Waals surface area contributed by atoms with Gasteiger partial charge < -0.3 is 0 Å². The Morgan fingerprint density at radius 3 is 2.00 bits per heavy atom. The van der Waals surface area contributed by atoms with Gasteiger partial charge in [-0.2, -0.15) is 0 Å². The molecule has 122 valence electrons. The minimum Gasteiger partial charge on any atom is -0.299 e. The molecular formula is C21H28N2. The number of hydrogen-bond acceptors (Lipinski definition) is 2. The molecule has 1 saturated heterocycles. The summed E-state index contributed by atoms with van der Waals surface area (Å²) in [5, 5.41) is 0. The van der Waals surface area contributed by atoms with Crippen LogP contribution in [0.1, 0.15) is 30.9 Å². The van der Waals surface area contributed by atoms with Crippen LogP contribution in [0.25, 0.3) is 0 Å². The molecule has 0 saturated carbocycles. The molecule has 0 N–H and O–H groups in total. The van der Waals surface area contributed by atoms with Crippen molar-refractivity contribution in [1.82, 2.24) is 9.80 Å². The second kappa shape index (κ2) is 8.28. The largest absolute Gasteiger partial charge is 0.299 e. The molecule has 2 heteroatoms. The van der Waals surface area contributed by atoms with Gasteiger partial charge in [-0.1, -0.05) is 67.6 Å². The Bertz CT molecular complexity index is 525. The fourth-order valence-corrected chi connectivity index (χ4v) is 3.68. The van der Waals surface area contributed by atoms with E-state index >= 15 is 0 Å². The smallest absolute Gasteiger partial charge is 0.0237 e. The maximum absolute atomic E-state index is 2.64. The summed E-state index contributed by atoms with van der Waals surface area (Å²) in [4.78, 5) is 5.26. The van der Waals surface area contributed by atoms with Crippen molar-refractivity contribution >= 4 is 0 Å². The summed E-state index contributed by atoms with van der Waals surface area (Å²) in [7, 11) is 0. The molecule has 0 aromatic heterocycles. The Labute approximate surface area is 140 Å². The van der Waals surface area contributed by atoms with Crippen LogP contribution < -0.4 is 0 Å². The van der Waals surface area contributed by atoms with Crippen molar-refractivity contribution in [3.63, 3.8) is 0 Å². The van der Waals surface area contributed by atoms with Gasteiger partial charge in [-0.15, -0.1) is 0 Å². The maximum Gasteiger partial charge on any atom is 0.0237 e. The lowest BCUT2D eigenvalue weighted by Gasteiger charge is -2.30. The molecular weight excluding hydrogens is 280 g/mol. The molecule has 0 unspecified atom stereocenters. The van der Waals surface area contributed by atoms with Crippen molar-refractivity contribution in [2.75, 3.05) is 19.6 Å². The third-order valence-electron chi connectivity index (χ3n) is 4.87. The molecule has 2 aromatic rings. The fraction of sp³-hybridized carbons (Fsp3) is 0.429. The average molecular weight is 308 g/mol. The van der Waals surface area contributed by atoms with Crippen molar-refractivity contribution in [3.8, 4) is 0 Å². The summed E-state index contributed by atoms with van der Waals surface area (Å²) >= 11 is 0. The van der Waals surface area contributed by atoms with Gasteiger partial charge >= 0.3 is 0 Å². The summed E-state index contributed by atoms with van der Waals surface area (Å²) in [6, 6.07) is 22.4. The lowest BCUT2D eigenvalue weighted by Crippen LogP contribution is -2.39. The van der Waals surface area contributed by atoms with E-state index in [9.17, 15) is 0 Å². The molecule has 0 aliphatic carbocycles. The van der Waals surface area contributed by atoms with E-state index in [4.69, 9.17) is 0 Å². The number of likely N-dealkylation sites (N-methyl/N-ethyl adjacent to an activating group) is 1. The summed E-state index contributed by atoms with van der Waals surface area (Å²) in [6.07, 6.45) is 2.69. The van der Waals surface area contributed by atoms with Crippen molar-refractivity contribution in [1.29, 1.82) is 0 Å². The zero-order chi connectivity index (χ0) is 15.9. The number of rotatable bonds is 7. The molecule has 1 heterocycles. The predicted molar refractivity (Wildman–Crippen MR) is 97.3 cm³/mol. The molecule has 1 aliphatic rings.